The third-order valence-corrected chi connectivity index (χ3v) is 10.2. The molecule has 8 rings (SSSR count). The zero-order valence-corrected chi connectivity index (χ0v) is 24.9. The molecule has 0 fully saturated rings. The van der Waals surface area contributed by atoms with Crippen LogP contribution in [-0.2, 0) is 10.8 Å². The summed E-state index contributed by atoms with van der Waals surface area (Å²) < 4.78 is 0. The van der Waals surface area contributed by atoms with Gasteiger partial charge in [0.2, 0.25) is 0 Å². The Bertz CT molecular complexity index is 1790. The Balaban J connectivity index is 1.35. The number of hydrogen-bond acceptors (Lipinski definition) is 3. The summed E-state index contributed by atoms with van der Waals surface area (Å²) in [6.45, 7) is 9.63. The first-order valence-electron chi connectivity index (χ1n) is 15.3. The fourth-order valence-corrected chi connectivity index (χ4v) is 7.94. The highest BCUT2D eigenvalue weighted by Gasteiger charge is 2.46. The normalized spacial score (nSPS) is 23.5. The van der Waals surface area contributed by atoms with Gasteiger partial charge in [0.1, 0.15) is 5.82 Å². The molecule has 3 aliphatic carbocycles. The van der Waals surface area contributed by atoms with Gasteiger partial charge in [0.05, 0.1) is 11.4 Å². The maximum atomic E-state index is 4.87. The molecule has 0 spiro atoms. The van der Waals surface area contributed by atoms with Gasteiger partial charge in [-0.2, -0.15) is 0 Å². The predicted molar refractivity (Wildman–Crippen MR) is 174 cm³/mol. The first kappa shape index (κ1) is 25.3. The SMILES string of the molecule is CC1(C)C2=C(C=CCC2)N2c3ccc(N(C4=CC=CC5C=CC=CC45)c4ccccn4)cc3C(C)(C)c3cccc1c32. The van der Waals surface area contributed by atoms with Crippen LogP contribution in [0.3, 0.4) is 0 Å². The van der Waals surface area contributed by atoms with Gasteiger partial charge in [0, 0.05) is 45.9 Å². The second kappa shape index (κ2) is 9.06. The van der Waals surface area contributed by atoms with Crippen LogP contribution in [0.1, 0.15) is 57.2 Å². The highest BCUT2D eigenvalue weighted by atomic mass is 15.2. The fourth-order valence-electron chi connectivity index (χ4n) is 7.94. The summed E-state index contributed by atoms with van der Waals surface area (Å²) in [6, 6.07) is 20.3. The molecule has 42 heavy (non-hydrogen) atoms. The van der Waals surface area contributed by atoms with E-state index >= 15 is 0 Å². The summed E-state index contributed by atoms with van der Waals surface area (Å²) in [4.78, 5) is 9.81. The van der Waals surface area contributed by atoms with Gasteiger partial charge in [0.15, 0.2) is 0 Å². The summed E-state index contributed by atoms with van der Waals surface area (Å²) in [7, 11) is 0. The molecule has 5 aliphatic rings. The van der Waals surface area contributed by atoms with Gasteiger partial charge in [-0.25, -0.2) is 4.98 Å². The van der Waals surface area contributed by atoms with Crippen molar-refractivity contribution in [1.29, 1.82) is 0 Å². The predicted octanol–water partition coefficient (Wildman–Crippen LogP) is 9.70. The number of aromatic nitrogens is 1. The van der Waals surface area contributed by atoms with Gasteiger partial charge in [-0.15, -0.1) is 0 Å². The average molecular weight is 548 g/mol. The fraction of sp³-hybridized carbons (Fsp3) is 0.256. The first-order valence-corrected chi connectivity index (χ1v) is 15.3. The summed E-state index contributed by atoms with van der Waals surface area (Å²) >= 11 is 0. The Morgan fingerprint density at radius 1 is 0.833 bits per heavy atom. The highest BCUT2D eigenvalue weighted by molar-refractivity contribution is 5.89. The van der Waals surface area contributed by atoms with E-state index < -0.39 is 0 Å². The van der Waals surface area contributed by atoms with E-state index in [1.54, 1.807) is 5.57 Å². The molecule has 2 aliphatic heterocycles. The lowest BCUT2D eigenvalue weighted by Crippen LogP contribution is -2.41. The molecule has 3 nitrogen and oxygen atoms in total. The second-order valence-corrected chi connectivity index (χ2v) is 13.2. The van der Waals surface area contributed by atoms with Crippen LogP contribution in [0.2, 0.25) is 0 Å². The number of benzene rings is 2. The van der Waals surface area contributed by atoms with E-state index in [0.29, 0.717) is 5.92 Å². The van der Waals surface area contributed by atoms with Gasteiger partial charge >= 0.3 is 0 Å². The number of pyridine rings is 1. The number of nitrogens with zero attached hydrogens (tertiary/aromatic N) is 3. The largest absolute Gasteiger partial charge is 0.310 e. The van der Waals surface area contributed by atoms with Gasteiger partial charge in [0.25, 0.3) is 0 Å². The van der Waals surface area contributed by atoms with Crippen molar-refractivity contribution in [2.24, 2.45) is 11.8 Å². The lowest BCUT2D eigenvalue weighted by atomic mass is 9.65. The molecule has 0 saturated carbocycles. The van der Waals surface area contributed by atoms with Crippen LogP contribution in [0.5, 0.6) is 0 Å². The number of para-hydroxylation sites is 1. The van der Waals surface area contributed by atoms with Crippen LogP contribution in [0.15, 0.2) is 132 Å². The third kappa shape index (κ3) is 3.49. The topological polar surface area (TPSA) is 19.4 Å². The molecule has 1 aromatic heterocycles. The molecule has 3 heterocycles. The Labute approximate surface area is 249 Å². The van der Waals surface area contributed by atoms with E-state index in [1.165, 1.54) is 39.5 Å². The van der Waals surface area contributed by atoms with E-state index in [-0.39, 0.29) is 16.7 Å². The van der Waals surface area contributed by atoms with Gasteiger partial charge in [-0.05, 0) is 77.6 Å². The van der Waals surface area contributed by atoms with Crippen LogP contribution < -0.4 is 9.80 Å². The van der Waals surface area contributed by atoms with Crippen molar-refractivity contribution in [3.63, 3.8) is 0 Å². The van der Waals surface area contributed by atoms with Crippen molar-refractivity contribution in [2.45, 2.75) is 51.4 Å². The molecule has 3 aromatic rings. The van der Waals surface area contributed by atoms with Gasteiger partial charge in [-0.1, -0.05) is 94.5 Å². The van der Waals surface area contributed by atoms with Crippen LogP contribution in [0, 0.1) is 11.8 Å². The Morgan fingerprint density at radius 3 is 2.48 bits per heavy atom. The van der Waals surface area contributed by atoms with E-state index in [2.05, 4.69) is 141 Å². The van der Waals surface area contributed by atoms with Crippen LogP contribution in [0.25, 0.3) is 0 Å². The number of hydrogen-bond donors (Lipinski definition) is 0. The van der Waals surface area contributed by atoms with E-state index in [1.807, 2.05) is 12.3 Å². The molecule has 0 bridgehead atoms. The minimum atomic E-state index is -0.174. The molecule has 0 N–H and O–H groups in total. The lowest BCUT2D eigenvalue weighted by Gasteiger charge is -2.51. The van der Waals surface area contributed by atoms with E-state index in [4.69, 9.17) is 4.98 Å². The molecule has 2 unspecified atom stereocenters. The quantitative estimate of drug-likeness (QED) is 0.325. The zero-order chi connectivity index (χ0) is 28.6. The standard InChI is InChI=1S/C39H37N3/c1-38(2)29-16-7-8-19-34(29)42-35-23-22-27(25-32(35)39(3,4)31-18-12-17-30(38)37(31)42)41(36-21-9-10-24-40-36)33-20-11-14-26-13-5-6-15-28(26)33/h5-6,8-15,17-26,28H,7,16H2,1-4H3. The molecule has 0 radical (unpaired) electrons. The van der Waals surface area contributed by atoms with Crippen molar-refractivity contribution in [1.82, 2.24) is 4.98 Å². The minimum absolute atomic E-state index is 0.00468. The van der Waals surface area contributed by atoms with Crippen molar-refractivity contribution in [2.75, 3.05) is 9.80 Å². The zero-order valence-electron chi connectivity index (χ0n) is 24.9. The van der Waals surface area contributed by atoms with Gasteiger partial charge in [-0.3, -0.25) is 4.90 Å². The second-order valence-electron chi connectivity index (χ2n) is 13.2. The summed E-state index contributed by atoms with van der Waals surface area (Å²) in [6.07, 6.45) is 24.6. The highest BCUT2D eigenvalue weighted by Crippen LogP contribution is 2.59. The maximum Gasteiger partial charge on any atom is 0.137 e. The minimum Gasteiger partial charge on any atom is -0.310 e. The van der Waals surface area contributed by atoms with Crippen molar-refractivity contribution < 1.29 is 0 Å². The smallest absolute Gasteiger partial charge is 0.137 e. The van der Waals surface area contributed by atoms with Crippen LogP contribution in [0.4, 0.5) is 22.9 Å². The Kier molecular flexibility index (Phi) is 5.47. The van der Waals surface area contributed by atoms with E-state index in [9.17, 15) is 0 Å². The molecule has 2 aromatic carbocycles. The third-order valence-electron chi connectivity index (χ3n) is 10.2. The molecule has 0 amide bonds. The molecule has 3 heteroatoms. The van der Waals surface area contributed by atoms with Crippen molar-refractivity contribution in [3.8, 4) is 0 Å². The lowest BCUT2D eigenvalue weighted by molar-refractivity contribution is 0.555. The molecule has 2 atom stereocenters. The van der Waals surface area contributed by atoms with Crippen molar-refractivity contribution in [3.05, 3.63) is 149 Å². The molecular weight excluding hydrogens is 510 g/mol. The summed E-state index contributed by atoms with van der Waals surface area (Å²) in [5.74, 6) is 1.55. The Morgan fingerprint density at radius 2 is 1.64 bits per heavy atom. The summed E-state index contributed by atoms with van der Waals surface area (Å²) in [5, 5.41) is 0. The number of rotatable bonds is 3. The number of fused-ring (bicyclic) bond motifs is 4. The number of allylic oxidation sites excluding steroid dienone is 10. The molecule has 0 saturated heterocycles. The van der Waals surface area contributed by atoms with Crippen molar-refractivity contribution >= 4 is 22.9 Å². The molecular formula is C39H37N3. The molecule has 208 valence electrons. The van der Waals surface area contributed by atoms with Gasteiger partial charge < -0.3 is 4.90 Å². The average Bonchev–Trinajstić information content (AvgIpc) is 3.02. The monoisotopic (exact) mass is 547 g/mol. The van der Waals surface area contributed by atoms with E-state index in [0.717, 1.165) is 24.3 Å². The summed E-state index contributed by atoms with van der Waals surface area (Å²) in [5.41, 5.74) is 12.0. The van der Waals surface area contributed by atoms with Crippen LogP contribution >= 0.6 is 0 Å². The number of anilines is 4. The Hall–Kier alpha value is -4.37. The first-order chi connectivity index (χ1) is 20.4. The van der Waals surface area contributed by atoms with Crippen LogP contribution in [-0.4, -0.2) is 4.98 Å². The maximum absolute atomic E-state index is 4.87.